The van der Waals surface area contributed by atoms with Gasteiger partial charge in [0.15, 0.2) is 0 Å². The molecule has 1 heterocycles. The van der Waals surface area contributed by atoms with Crippen LogP contribution >= 0.6 is 0 Å². The van der Waals surface area contributed by atoms with Gasteiger partial charge in [-0.1, -0.05) is 19.9 Å². The molecule has 1 aliphatic rings. The fraction of sp³-hybridized carbons (Fsp3) is 0.667. The minimum absolute atomic E-state index is 0.504. The predicted octanol–water partition coefficient (Wildman–Crippen LogP) is 2.81. The average Bonchev–Trinajstić information content (AvgIpc) is 3.19. The number of anilines is 1. The maximum atomic E-state index is 4.74. The summed E-state index contributed by atoms with van der Waals surface area (Å²) >= 11 is 0. The Kier molecular flexibility index (Phi) is 4.23. The lowest BCUT2D eigenvalue weighted by molar-refractivity contribution is 0.502. The minimum atomic E-state index is 0.504. The van der Waals surface area contributed by atoms with Crippen LogP contribution in [-0.4, -0.2) is 24.1 Å². The Morgan fingerprint density at radius 2 is 2.06 bits per heavy atom. The second kappa shape index (κ2) is 5.70. The summed E-state index contributed by atoms with van der Waals surface area (Å²) in [5.41, 5.74) is 1.14. The highest BCUT2D eigenvalue weighted by Gasteiger charge is 2.20. The summed E-state index contributed by atoms with van der Waals surface area (Å²) in [6.45, 7) is 7.64. The van der Waals surface area contributed by atoms with Crippen LogP contribution in [0.3, 0.4) is 0 Å². The quantitative estimate of drug-likeness (QED) is 0.838. The Hall–Kier alpha value is -1.09. The van der Waals surface area contributed by atoms with Crippen LogP contribution in [0.2, 0.25) is 0 Å². The van der Waals surface area contributed by atoms with E-state index < -0.39 is 0 Å². The molecule has 1 aliphatic carbocycles. The van der Waals surface area contributed by atoms with E-state index in [4.69, 9.17) is 4.98 Å². The van der Waals surface area contributed by atoms with Gasteiger partial charge in [0, 0.05) is 25.7 Å². The van der Waals surface area contributed by atoms with Crippen molar-refractivity contribution in [2.45, 2.75) is 52.2 Å². The molecule has 1 aromatic rings. The van der Waals surface area contributed by atoms with Crippen molar-refractivity contribution in [3.63, 3.8) is 0 Å². The van der Waals surface area contributed by atoms with Crippen molar-refractivity contribution in [2.24, 2.45) is 5.92 Å². The van der Waals surface area contributed by atoms with E-state index in [-0.39, 0.29) is 0 Å². The van der Waals surface area contributed by atoms with Crippen molar-refractivity contribution in [3.8, 4) is 0 Å². The molecule has 1 unspecified atom stereocenters. The first-order valence-electron chi connectivity index (χ1n) is 7.00. The molecule has 0 amide bonds. The van der Waals surface area contributed by atoms with Crippen LogP contribution in [0, 0.1) is 5.92 Å². The summed E-state index contributed by atoms with van der Waals surface area (Å²) in [5.74, 6) is 1.70. The van der Waals surface area contributed by atoms with Gasteiger partial charge in [0.25, 0.3) is 0 Å². The number of nitrogens with one attached hydrogen (secondary N) is 1. The second-order valence-electron chi connectivity index (χ2n) is 5.74. The summed E-state index contributed by atoms with van der Waals surface area (Å²) in [4.78, 5) is 7.01. The van der Waals surface area contributed by atoms with Gasteiger partial charge in [-0.15, -0.1) is 0 Å². The fourth-order valence-electron chi connectivity index (χ4n) is 1.95. The number of aromatic nitrogens is 1. The van der Waals surface area contributed by atoms with Gasteiger partial charge >= 0.3 is 0 Å². The first-order chi connectivity index (χ1) is 8.58. The van der Waals surface area contributed by atoms with Gasteiger partial charge in [-0.25, -0.2) is 4.98 Å². The molecule has 0 aliphatic heterocycles. The Morgan fingerprint density at radius 1 is 1.33 bits per heavy atom. The topological polar surface area (TPSA) is 28.2 Å². The Morgan fingerprint density at radius 3 is 2.67 bits per heavy atom. The lowest BCUT2D eigenvalue weighted by Gasteiger charge is -2.29. The summed E-state index contributed by atoms with van der Waals surface area (Å²) in [6, 6.07) is 7.55. The predicted molar refractivity (Wildman–Crippen MR) is 76.8 cm³/mol. The van der Waals surface area contributed by atoms with Crippen LogP contribution in [0.4, 0.5) is 5.82 Å². The molecule has 100 valence electrons. The monoisotopic (exact) mass is 247 g/mol. The van der Waals surface area contributed by atoms with E-state index in [2.05, 4.69) is 56.2 Å². The van der Waals surface area contributed by atoms with Gasteiger partial charge in [0.05, 0.1) is 5.69 Å². The van der Waals surface area contributed by atoms with E-state index in [1.54, 1.807) is 0 Å². The molecule has 1 saturated carbocycles. The number of hydrogen-bond donors (Lipinski definition) is 1. The van der Waals surface area contributed by atoms with E-state index in [1.165, 1.54) is 12.8 Å². The van der Waals surface area contributed by atoms with Crippen LogP contribution in [0.5, 0.6) is 0 Å². The first-order valence-corrected chi connectivity index (χ1v) is 7.00. The highest BCUT2D eigenvalue weighted by atomic mass is 15.2. The summed E-state index contributed by atoms with van der Waals surface area (Å²) in [5, 5.41) is 3.51. The molecule has 18 heavy (non-hydrogen) atoms. The molecular formula is C15H25N3. The Labute approximate surface area is 111 Å². The number of hydrogen-bond acceptors (Lipinski definition) is 3. The molecule has 0 saturated heterocycles. The molecule has 2 rings (SSSR count). The average molecular weight is 247 g/mol. The van der Waals surface area contributed by atoms with E-state index in [0.29, 0.717) is 12.0 Å². The second-order valence-corrected chi connectivity index (χ2v) is 5.74. The van der Waals surface area contributed by atoms with Crippen molar-refractivity contribution < 1.29 is 0 Å². The van der Waals surface area contributed by atoms with Crippen LogP contribution in [0.25, 0.3) is 0 Å². The Bertz CT molecular complexity index is 385. The van der Waals surface area contributed by atoms with Crippen molar-refractivity contribution in [3.05, 3.63) is 23.9 Å². The SMILES string of the molecule is CC(C)C(C)N(C)c1cccc(CNC2CC2)n1. The summed E-state index contributed by atoms with van der Waals surface area (Å²) in [6.07, 6.45) is 2.65. The van der Waals surface area contributed by atoms with Gasteiger partial charge in [-0.3, -0.25) is 0 Å². The molecule has 1 N–H and O–H groups in total. The van der Waals surface area contributed by atoms with Gasteiger partial charge in [-0.05, 0) is 37.8 Å². The zero-order valence-corrected chi connectivity index (χ0v) is 12.0. The van der Waals surface area contributed by atoms with Crippen molar-refractivity contribution >= 4 is 5.82 Å². The molecule has 1 aromatic heterocycles. The maximum Gasteiger partial charge on any atom is 0.128 e. The molecule has 1 fully saturated rings. The number of pyridine rings is 1. The van der Waals surface area contributed by atoms with Gasteiger partial charge in [0.1, 0.15) is 5.82 Å². The number of nitrogens with zero attached hydrogens (tertiary/aromatic N) is 2. The number of rotatable bonds is 6. The van der Waals surface area contributed by atoms with Gasteiger partial charge < -0.3 is 10.2 Å². The van der Waals surface area contributed by atoms with E-state index >= 15 is 0 Å². The molecule has 1 atom stereocenters. The summed E-state index contributed by atoms with van der Waals surface area (Å²) < 4.78 is 0. The molecule has 0 aromatic carbocycles. The summed E-state index contributed by atoms with van der Waals surface area (Å²) in [7, 11) is 2.13. The van der Waals surface area contributed by atoms with E-state index in [0.717, 1.165) is 24.1 Å². The fourth-order valence-corrected chi connectivity index (χ4v) is 1.95. The van der Waals surface area contributed by atoms with Crippen LogP contribution in [0.15, 0.2) is 18.2 Å². The van der Waals surface area contributed by atoms with Crippen LogP contribution in [-0.2, 0) is 6.54 Å². The van der Waals surface area contributed by atoms with Crippen LogP contribution in [0.1, 0.15) is 39.3 Å². The molecule has 0 spiro atoms. The van der Waals surface area contributed by atoms with E-state index in [1.807, 2.05) is 0 Å². The minimum Gasteiger partial charge on any atom is -0.357 e. The Balaban J connectivity index is 2.00. The van der Waals surface area contributed by atoms with Crippen molar-refractivity contribution in [1.29, 1.82) is 0 Å². The molecule has 0 radical (unpaired) electrons. The largest absolute Gasteiger partial charge is 0.357 e. The zero-order valence-electron chi connectivity index (χ0n) is 12.0. The maximum absolute atomic E-state index is 4.74. The standard InChI is InChI=1S/C15H25N3/c1-11(2)12(3)18(4)15-7-5-6-14(17-15)10-16-13-8-9-13/h5-7,11-13,16H,8-10H2,1-4H3. The van der Waals surface area contributed by atoms with Crippen molar-refractivity contribution in [2.75, 3.05) is 11.9 Å². The highest BCUT2D eigenvalue weighted by molar-refractivity contribution is 5.39. The third-order valence-corrected chi connectivity index (χ3v) is 3.88. The molecule has 3 nitrogen and oxygen atoms in total. The van der Waals surface area contributed by atoms with Gasteiger partial charge in [-0.2, -0.15) is 0 Å². The highest BCUT2D eigenvalue weighted by Crippen LogP contribution is 2.20. The lowest BCUT2D eigenvalue weighted by Crippen LogP contribution is -2.34. The normalized spacial score (nSPS) is 16.9. The van der Waals surface area contributed by atoms with Gasteiger partial charge in [0.2, 0.25) is 0 Å². The lowest BCUT2D eigenvalue weighted by atomic mass is 10.1. The first kappa shape index (κ1) is 13.3. The zero-order chi connectivity index (χ0) is 13.1. The third kappa shape index (κ3) is 3.45. The molecular weight excluding hydrogens is 222 g/mol. The van der Waals surface area contributed by atoms with Crippen molar-refractivity contribution in [1.82, 2.24) is 10.3 Å². The van der Waals surface area contributed by atoms with Crippen LogP contribution < -0.4 is 10.2 Å². The third-order valence-electron chi connectivity index (χ3n) is 3.88. The molecule has 3 heteroatoms. The molecule has 0 bridgehead atoms. The smallest absolute Gasteiger partial charge is 0.128 e. The van der Waals surface area contributed by atoms with E-state index in [9.17, 15) is 0 Å².